The number of hydrazine groups is 1. The van der Waals surface area contributed by atoms with Gasteiger partial charge in [0.25, 0.3) is 0 Å². The van der Waals surface area contributed by atoms with E-state index >= 15 is 0 Å². The van der Waals surface area contributed by atoms with Gasteiger partial charge in [-0.3, -0.25) is 16.3 Å². The van der Waals surface area contributed by atoms with Gasteiger partial charge < -0.3 is 0 Å². The first-order valence-corrected chi connectivity index (χ1v) is 6.32. The maximum atomic E-state index is 13.8. The second kappa shape index (κ2) is 6.41. The summed E-state index contributed by atoms with van der Waals surface area (Å²) in [5, 5.41) is 0. The van der Waals surface area contributed by atoms with Crippen molar-refractivity contribution in [1.29, 1.82) is 0 Å². The molecule has 100 valence electrons. The van der Waals surface area contributed by atoms with E-state index < -0.39 is 0 Å². The van der Waals surface area contributed by atoms with Crippen molar-refractivity contribution < 1.29 is 4.39 Å². The predicted molar refractivity (Wildman–Crippen MR) is 73.8 cm³/mol. The van der Waals surface area contributed by atoms with Crippen LogP contribution in [0.1, 0.15) is 29.2 Å². The summed E-state index contributed by atoms with van der Waals surface area (Å²) in [6, 6.07) is 8.82. The van der Waals surface area contributed by atoms with Gasteiger partial charge in [-0.1, -0.05) is 17.7 Å². The van der Waals surface area contributed by atoms with Gasteiger partial charge in [0.1, 0.15) is 5.82 Å². The minimum Gasteiger partial charge on any atom is -0.271 e. The van der Waals surface area contributed by atoms with E-state index in [1.54, 1.807) is 18.5 Å². The maximum absolute atomic E-state index is 13.8. The monoisotopic (exact) mass is 259 g/mol. The minimum atomic E-state index is -0.219. The minimum absolute atomic E-state index is 0.187. The number of halogens is 1. The normalized spacial score (nSPS) is 12.4. The Balaban J connectivity index is 2.10. The third kappa shape index (κ3) is 3.59. The van der Waals surface area contributed by atoms with Crippen LogP contribution in [0.2, 0.25) is 0 Å². The molecule has 0 aliphatic heterocycles. The summed E-state index contributed by atoms with van der Waals surface area (Å²) in [4.78, 5) is 3.98. The molecular weight excluding hydrogens is 241 g/mol. The second-order valence-electron chi connectivity index (χ2n) is 4.64. The highest BCUT2D eigenvalue weighted by molar-refractivity contribution is 5.27. The maximum Gasteiger partial charge on any atom is 0.128 e. The largest absolute Gasteiger partial charge is 0.271 e. The molecule has 0 saturated heterocycles. The summed E-state index contributed by atoms with van der Waals surface area (Å²) in [5.41, 5.74) is 5.52. The Morgan fingerprint density at radius 1 is 1.26 bits per heavy atom. The number of hydrogen-bond donors (Lipinski definition) is 2. The van der Waals surface area contributed by atoms with Gasteiger partial charge in [-0.2, -0.15) is 0 Å². The average Bonchev–Trinajstić information content (AvgIpc) is 2.44. The number of aryl methyl sites for hydroxylation is 2. The van der Waals surface area contributed by atoms with Crippen LogP contribution in [0.25, 0.3) is 0 Å². The number of rotatable bonds is 5. The first-order valence-electron chi connectivity index (χ1n) is 6.32. The molecule has 0 amide bonds. The fraction of sp³-hybridized carbons (Fsp3) is 0.267. The molecule has 1 unspecified atom stereocenters. The van der Waals surface area contributed by atoms with Crippen LogP contribution in [-0.2, 0) is 6.42 Å². The number of nitrogens with zero attached hydrogens (tertiary/aromatic N) is 1. The molecule has 0 bridgehead atoms. The molecule has 2 aromatic rings. The number of benzene rings is 1. The van der Waals surface area contributed by atoms with Gasteiger partial charge in [0.2, 0.25) is 0 Å². The van der Waals surface area contributed by atoms with E-state index in [1.165, 1.54) is 11.6 Å². The highest BCUT2D eigenvalue weighted by Gasteiger charge is 2.14. The van der Waals surface area contributed by atoms with Gasteiger partial charge >= 0.3 is 0 Å². The van der Waals surface area contributed by atoms with Crippen molar-refractivity contribution in [2.45, 2.75) is 25.8 Å². The molecule has 0 radical (unpaired) electrons. The zero-order chi connectivity index (χ0) is 13.7. The van der Waals surface area contributed by atoms with Crippen molar-refractivity contribution in [3.8, 4) is 0 Å². The first kappa shape index (κ1) is 13.6. The molecule has 19 heavy (non-hydrogen) atoms. The van der Waals surface area contributed by atoms with Crippen molar-refractivity contribution >= 4 is 0 Å². The Bertz CT molecular complexity index is 528. The zero-order valence-electron chi connectivity index (χ0n) is 10.9. The average molecular weight is 259 g/mol. The summed E-state index contributed by atoms with van der Waals surface area (Å²) in [5.74, 6) is 5.34. The Morgan fingerprint density at radius 3 is 2.68 bits per heavy atom. The molecule has 1 aromatic heterocycles. The van der Waals surface area contributed by atoms with E-state index in [1.807, 2.05) is 25.1 Å². The van der Waals surface area contributed by atoms with Crippen LogP contribution >= 0.6 is 0 Å². The van der Waals surface area contributed by atoms with Gasteiger partial charge in [0, 0.05) is 24.0 Å². The van der Waals surface area contributed by atoms with Gasteiger partial charge in [0.05, 0.1) is 0 Å². The SMILES string of the molecule is Cc1ccc(F)c(C(CCc2ccncc2)NN)c1. The molecule has 0 aliphatic rings. The lowest BCUT2D eigenvalue weighted by Crippen LogP contribution is -2.29. The van der Waals surface area contributed by atoms with Gasteiger partial charge in [-0.25, -0.2) is 4.39 Å². The Kier molecular flexibility index (Phi) is 4.60. The lowest BCUT2D eigenvalue weighted by molar-refractivity contribution is 0.485. The fourth-order valence-corrected chi connectivity index (χ4v) is 2.12. The van der Waals surface area contributed by atoms with Crippen LogP contribution < -0.4 is 11.3 Å². The molecular formula is C15H18FN3. The first-order chi connectivity index (χ1) is 9.20. The molecule has 4 heteroatoms. The third-order valence-electron chi connectivity index (χ3n) is 3.20. The fourth-order valence-electron chi connectivity index (χ4n) is 2.12. The highest BCUT2D eigenvalue weighted by Crippen LogP contribution is 2.22. The van der Waals surface area contributed by atoms with E-state index in [4.69, 9.17) is 5.84 Å². The number of nitrogens with one attached hydrogen (secondary N) is 1. The lowest BCUT2D eigenvalue weighted by atomic mass is 9.98. The van der Waals surface area contributed by atoms with Crippen LogP contribution in [0.3, 0.4) is 0 Å². The van der Waals surface area contributed by atoms with E-state index in [2.05, 4.69) is 10.4 Å². The Labute approximate surface area is 112 Å². The third-order valence-corrected chi connectivity index (χ3v) is 3.20. The van der Waals surface area contributed by atoms with Crippen LogP contribution in [0, 0.1) is 12.7 Å². The van der Waals surface area contributed by atoms with Gasteiger partial charge in [0.15, 0.2) is 0 Å². The number of hydrogen-bond acceptors (Lipinski definition) is 3. The molecule has 2 rings (SSSR count). The van der Waals surface area contributed by atoms with Crippen LogP contribution in [0.5, 0.6) is 0 Å². The van der Waals surface area contributed by atoms with Crippen LogP contribution in [-0.4, -0.2) is 4.98 Å². The summed E-state index contributed by atoms with van der Waals surface area (Å²) in [7, 11) is 0. The molecule has 0 saturated carbocycles. The predicted octanol–water partition coefficient (Wildman–Crippen LogP) is 2.67. The molecule has 0 fully saturated rings. The molecule has 1 atom stereocenters. The zero-order valence-corrected chi connectivity index (χ0v) is 10.9. The van der Waals surface area contributed by atoms with Crippen molar-refractivity contribution in [3.63, 3.8) is 0 Å². The standard InChI is InChI=1S/C15H18FN3/c1-11-2-4-14(16)13(10-11)15(19-17)5-3-12-6-8-18-9-7-12/h2,4,6-10,15,19H,3,5,17H2,1H3. The smallest absolute Gasteiger partial charge is 0.128 e. The number of nitrogens with two attached hydrogens (primary N) is 1. The molecule has 0 spiro atoms. The molecule has 1 aromatic carbocycles. The lowest BCUT2D eigenvalue weighted by Gasteiger charge is -2.17. The van der Waals surface area contributed by atoms with Crippen LogP contribution in [0.15, 0.2) is 42.7 Å². The van der Waals surface area contributed by atoms with Crippen LogP contribution in [0.4, 0.5) is 4.39 Å². The van der Waals surface area contributed by atoms with Crippen molar-refractivity contribution in [2.75, 3.05) is 0 Å². The van der Waals surface area contributed by atoms with Crippen molar-refractivity contribution in [2.24, 2.45) is 5.84 Å². The van der Waals surface area contributed by atoms with Crippen molar-refractivity contribution in [3.05, 3.63) is 65.2 Å². The topological polar surface area (TPSA) is 50.9 Å². The van der Waals surface area contributed by atoms with E-state index in [9.17, 15) is 4.39 Å². The quantitative estimate of drug-likeness (QED) is 0.641. The number of aromatic nitrogens is 1. The summed E-state index contributed by atoms with van der Waals surface area (Å²) >= 11 is 0. The summed E-state index contributed by atoms with van der Waals surface area (Å²) in [6.07, 6.45) is 5.08. The number of pyridine rings is 1. The second-order valence-corrected chi connectivity index (χ2v) is 4.64. The Morgan fingerprint density at radius 2 is 2.00 bits per heavy atom. The van der Waals surface area contributed by atoms with E-state index in [-0.39, 0.29) is 11.9 Å². The summed E-state index contributed by atoms with van der Waals surface area (Å²) < 4.78 is 13.8. The molecule has 0 aliphatic carbocycles. The van der Waals surface area contributed by atoms with Gasteiger partial charge in [-0.05, 0) is 43.5 Å². The summed E-state index contributed by atoms with van der Waals surface area (Å²) in [6.45, 7) is 1.94. The Hall–Kier alpha value is -1.78. The van der Waals surface area contributed by atoms with E-state index in [0.717, 1.165) is 18.4 Å². The highest BCUT2D eigenvalue weighted by atomic mass is 19.1. The molecule has 3 N–H and O–H groups in total. The van der Waals surface area contributed by atoms with Crippen molar-refractivity contribution in [1.82, 2.24) is 10.4 Å². The molecule has 3 nitrogen and oxygen atoms in total. The van der Waals surface area contributed by atoms with Gasteiger partial charge in [-0.15, -0.1) is 0 Å². The van der Waals surface area contributed by atoms with E-state index in [0.29, 0.717) is 5.56 Å². The molecule has 1 heterocycles.